The van der Waals surface area contributed by atoms with E-state index >= 15 is 0 Å². The molecule has 20 heavy (non-hydrogen) atoms. The van der Waals surface area contributed by atoms with Crippen molar-refractivity contribution in [2.45, 2.75) is 38.5 Å². The first-order chi connectivity index (χ1) is 9.74. The number of guanidine groups is 1. The highest BCUT2D eigenvalue weighted by Gasteiger charge is 2.16. The molecule has 1 fully saturated rings. The van der Waals surface area contributed by atoms with Crippen LogP contribution in [-0.2, 0) is 17.8 Å². The van der Waals surface area contributed by atoms with Gasteiger partial charge in [-0.3, -0.25) is 5.41 Å². The second-order valence-electron chi connectivity index (χ2n) is 5.18. The number of nitrogens with one attached hydrogen (secondary N) is 3. The van der Waals surface area contributed by atoms with Crippen molar-refractivity contribution in [2.75, 3.05) is 13.2 Å². The zero-order valence-corrected chi connectivity index (χ0v) is 11.8. The summed E-state index contributed by atoms with van der Waals surface area (Å²) in [5, 5.41) is 13.3. The maximum absolute atomic E-state index is 7.11. The Morgan fingerprint density at radius 1 is 1.20 bits per heavy atom. The molecule has 0 aliphatic heterocycles. The molecule has 1 aromatic carbocycles. The summed E-state index contributed by atoms with van der Waals surface area (Å²) >= 11 is 0. The van der Waals surface area contributed by atoms with E-state index in [1.54, 1.807) is 0 Å². The van der Waals surface area contributed by atoms with Crippen LogP contribution in [0.2, 0.25) is 0 Å². The maximum atomic E-state index is 7.11. The van der Waals surface area contributed by atoms with Crippen molar-refractivity contribution in [1.29, 1.82) is 5.41 Å². The average molecular weight is 276 g/mol. The van der Waals surface area contributed by atoms with E-state index in [2.05, 4.69) is 34.9 Å². The minimum absolute atomic E-state index is 0.00204. The van der Waals surface area contributed by atoms with E-state index in [4.69, 9.17) is 15.9 Å². The molecule has 0 aromatic heterocycles. The number of hydrogen-bond donors (Lipinski definition) is 4. The van der Waals surface area contributed by atoms with Gasteiger partial charge in [-0.15, -0.1) is 0 Å². The number of nitrogens with two attached hydrogens (primary N) is 1. The zero-order valence-electron chi connectivity index (χ0n) is 11.8. The van der Waals surface area contributed by atoms with Crippen LogP contribution >= 0.6 is 0 Å². The maximum Gasteiger partial charge on any atom is 0.185 e. The van der Waals surface area contributed by atoms with Gasteiger partial charge < -0.3 is 21.1 Å². The average Bonchev–Trinajstić information content (AvgIpc) is 2.39. The molecule has 5 nitrogen and oxygen atoms in total. The van der Waals surface area contributed by atoms with Crippen LogP contribution < -0.4 is 16.4 Å². The summed E-state index contributed by atoms with van der Waals surface area (Å²) in [5.41, 5.74) is 7.62. The summed E-state index contributed by atoms with van der Waals surface area (Å²) in [6, 6.07) is 8.30. The summed E-state index contributed by atoms with van der Waals surface area (Å²) < 4.78 is 5.69. The van der Waals surface area contributed by atoms with Crippen molar-refractivity contribution in [2.24, 2.45) is 5.73 Å². The summed E-state index contributed by atoms with van der Waals surface area (Å²) in [6.45, 7) is 3.14. The van der Waals surface area contributed by atoms with Gasteiger partial charge in [0.1, 0.15) is 0 Å². The molecule has 110 valence electrons. The van der Waals surface area contributed by atoms with Gasteiger partial charge in [0.05, 0.1) is 12.7 Å². The van der Waals surface area contributed by atoms with Gasteiger partial charge in [-0.05, 0) is 30.4 Å². The van der Waals surface area contributed by atoms with Crippen molar-refractivity contribution < 1.29 is 4.74 Å². The van der Waals surface area contributed by atoms with Crippen LogP contribution in [0.3, 0.4) is 0 Å². The summed E-state index contributed by atoms with van der Waals surface area (Å²) in [7, 11) is 0. The molecule has 1 aliphatic rings. The van der Waals surface area contributed by atoms with Gasteiger partial charge >= 0.3 is 0 Å². The molecule has 0 bridgehead atoms. The SMILES string of the molecule is N=C(N)NCc1ccc(CNCCOC2CCC2)cc1. The molecule has 5 N–H and O–H groups in total. The van der Waals surface area contributed by atoms with E-state index in [0.717, 1.165) is 25.3 Å². The topological polar surface area (TPSA) is 83.2 Å². The summed E-state index contributed by atoms with van der Waals surface area (Å²) in [4.78, 5) is 0. The van der Waals surface area contributed by atoms with Crippen molar-refractivity contribution in [3.8, 4) is 0 Å². The minimum Gasteiger partial charge on any atom is -0.377 e. The number of benzene rings is 1. The number of ether oxygens (including phenoxy) is 1. The first kappa shape index (κ1) is 14.8. The van der Waals surface area contributed by atoms with Crippen LogP contribution in [0, 0.1) is 5.41 Å². The first-order valence-corrected chi connectivity index (χ1v) is 7.22. The highest BCUT2D eigenvalue weighted by Crippen LogP contribution is 2.21. The standard InChI is InChI=1S/C15H24N4O/c16-15(17)19-11-13-6-4-12(5-7-13)10-18-8-9-20-14-2-1-3-14/h4-7,14,18H,1-3,8-11H2,(H4,16,17,19). The second-order valence-corrected chi connectivity index (χ2v) is 5.18. The Bertz CT molecular complexity index is 414. The largest absolute Gasteiger partial charge is 0.377 e. The van der Waals surface area contributed by atoms with Crippen LogP contribution in [0.1, 0.15) is 30.4 Å². The molecule has 0 atom stereocenters. The molecule has 2 rings (SSSR count). The van der Waals surface area contributed by atoms with E-state index in [1.807, 2.05) is 0 Å². The summed E-state index contributed by atoms with van der Waals surface area (Å²) in [6.07, 6.45) is 4.30. The Kier molecular flexibility index (Phi) is 5.83. The van der Waals surface area contributed by atoms with Gasteiger partial charge in [-0.25, -0.2) is 0 Å². The van der Waals surface area contributed by atoms with E-state index in [0.29, 0.717) is 12.6 Å². The smallest absolute Gasteiger partial charge is 0.185 e. The Hall–Kier alpha value is -1.59. The summed E-state index contributed by atoms with van der Waals surface area (Å²) in [5.74, 6) is 0.00204. The van der Waals surface area contributed by atoms with Crippen LogP contribution in [0.5, 0.6) is 0 Å². The van der Waals surface area contributed by atoms with E-state index < -0.39 is 0 Å². The first-order valence-electron chi connectivity index (χ1n) is 7.22. The molecular formula is C15H24N4O. The van der Waals surface area contributed by atoms with Gasteiger partial charge in [0.25, 0.3) is 0 Å². The molecule has 0 heterocycles. The molecule has 1 aromatic rings. The van der Waals surface area contributed by atoms with Crippen LogP contribution in [0.15, 0.2) is 24.3 Å². The third kappa shape index (κ3) is 5.19. The third-order valence-corrected chi connectivity index (χ3v) is 3.52. The fourth-order valence-corrected chi connectivity index (χ4v) is 2.04. The molecule has 1 aliphatic carbocycles. The number of rotatable bonds is 8. The predicted molar refractivity (Wildman–Crippen MR) is 80.5 cm³/mol. The van der Waals surface area contributed by atoms with Crippen LogP contribution in [0.25, 0.3) is 0 Å². The molecule has 5 heteroatoms. The van der Waals surface area contributed by atoms with Crippen molar-refractivity contribution >= 4 is 5.96 Å². The van der Waals surface area contributed by atoms with Gasteiger partial charge in [0.2, 0.25) is 0 Å². The quantitative estimate of drug-likeness (QED) is 0.328. The van der Waals surface area contributed by atoms with Crippen molar-refractivity contribution in [1.82, 2.24) is 10.6 Å². The second kappa shape index (κ2) is 7.87. The zero-order chi connectivity index (χ0) is 14.2. The van der Waals surface area contributed by atoms with E-state index in [9.17, 15) is 0 Å². The van der Waals surface area contributed by atoms with E-state index in [-0.39, 0.29) is 5.96 Å². The van der Waals surface area contributed by atoms with Crippen molar-refractivity contribution in [3.05, 3.63) is 35.4 Å². The third-order valence-electron chi connectivity index (χ3n) is 3.52. The molecular weight excluding hydrogens is 252 g/mol. The Morgan fingerprint density at radius 2 is 1.85 bits per heavy atom. The molecule has 0 saturated heterocycles. The Labute approximate surface area is 120 Å². The Balaban J connectivity index is 1.59. The fraction of sp³-hybridized carbons (Fsp3) is 0.533. The predicted octanol–water partition coefficient (Wildman–Crippen LogP) is 1.33. The Morgan fingerprint density at radius 3 is 2.40 bits per heavy atom. The monoisotopic (exact) mass is 276 g/mol. The molecule has 0 spiro atoms. The lowest BCUT2D eigenvalue weighted by Crippen LogP contribution is -2.29. The molecule has 1 saturated carbocycles. The van der Waals surface area contributed by atoms with Gasteiger partial charge in [-0.2, -0.15) is 0 Å². The van der Waals surface area contributed by atoms with Crippen LogP contribution in [-0.4, -0.2) is 25.2 Å². The lowest BCUT2D eigenvalue weighted by Gasteiger charge is -2.25. The highest BCUT2D eigenvalue weighted by molar-refractivity contribution is 5.74. The van der Waals surface area contributed by atoms with Gasteiger partial charge in [0.15, 0.2) is 5.96 Å². The molecule has 0 amide bonds. The highest BCUT2D eigenvalue weighted by atomic mass is 16.5. The van der Waals surface area contributed by atoms with E-state index in [1.165, 1.54) is 24.8 Å². The van der Waals surface area contributed by atoms with Crippen LogP contribution in [0.4, 0.5) is 0 Å². The number of hydrogen-bond acceptors (Lipinski definition) is 3. The normalized spacial score (nSPS) is 14.8. The lowest BCUT2D eigenvalue weighted by molar-refractivity contribution is 0.00420. The molecule has 0 unspecified atom stereocenters. The lowest BCUT2D eigenvalue weighted by atomic mass is 9.96. The minimum atomic E-state index is 0.00204. The molecule has 0 radical (unpaired) electrons. The van der Waals surface area contributed by atoms with Gasteiger partial charge in [-0.1, -0.05) is 24.3 Å². The van der Waals surface area contributed by atoms with Gasteiger partial charge in [0, 0.05) is 19.6 Å². The fourth-order valence-electron chi connectivity index (χ4n) is 2.04. The van der Waals surface area contributed by atoms with Crippen molar-refractivity contribution in [3.63, 3.8) is 0 Å².